The zero-order chi connectivity index (χ0) is 24.7. The summed E-state index contributed by atoms with van der Waals surface area (Å²) in [5.41, 5.74) is 10.0. The fourth-order valence-corrected chi connectivity index (χ4v) is 6.48. The van der Waals surface area contributed by atoms with Crippen LogP contribution in [0, 0.1) is 16.7 Å². The summed E-state index contributed by atoms with van der Waals surface area (Å²) < 4.78 is 5.46. The summed E-state index contributed by atoms with van der Waals surface area (Å²) in [6.45, 7) is 8.26. The minimum Gasteiger partial charge on any atom is -0.384 e. The van der Waals surface area contributed by atoms with Crippen molar-refractivity contribution in [1.29, 1.82) is 5.26 Å². The van der Waals surface area contributed by atoms with Crippen molar-refractivity contribution in [3.63, 3.8) is 0 Å². The molecule has 5 rings (SSSR count). The summed E-state index contributed by atoms with van der Waals surface area (Å²) >= 11 is 8.05. The van der Waals surface area contributed by atoms with E-state index in [4.69, 9.17) is 22.1 Å². The number of aromatic nitrogens is 1. The van der Waals surface area contributed by atoms with E-state index >= 15 is 0 Å². The van der Waals surface area contributed by atoms with Crippen molar-refractivity contribution in [3.05, 3.63) is 68.0 Å². The Morgan fingerprint density at radius 3 is 2.83 bits per heavy atom. The van der Waals surface area contributed by atoms with E-state index in [1.807, 2.05) is 6.07 Å². The number of Topliss-reactive ketones (excluding diaryl/α,β-unsaturated/α-hetero) is 1. The van der Waals surface area contributed by atoms with Crippen LogP contribution in [0.4, 0.5) is 5.69 Å². The molecule has 3 aliphatic rings. The van der Waals surface area contributed by atoms with Crippen LogP contribution in [0.25, 0.3) is 0 Å². The second kappa shape index (κ2) is 9.40. The van der Waals surface area contributed by atoms with Crippen LogP contribution in [-0.4, -0.2) is 42.0 Å². The van der Waals surface area contributed by atoms with Crippen LogP contribution in [0.2, 0.25) is 5.15 Å². The quantitative estimate of drug-likeness (QED) is 0.603. The monoisotopic (exact) mass is 509 g/mol. The molecule has 9 heteroatoms. The summed E-state index contributed by atoms with van der Waals surface area (Å²) in [5.74, 6) is -0.122. The molecule has 4 heterocycles. The maximum absolute atomic E-state index is 13.7. The number of carbonyl (C=O) groups is 1. The highest BCUT2D eigenvalue weighted by atomic mass is 35.5. The van der Waals surface area contributed by atoms with Crippen molar-refractivity contribution in [2.45, 2.75) is 39.2 Å². The molecule has 0 unspecified atom stereocenters. The van der Waals surface area contributed by atoms with E-state index in [9.17, 15) is 10.1 Å². The molecule has 2 aromatic heterocycles. The Morgan fingerprint density at radius 1 is 1.34 bits per heavy atom. The molecule has 0 bridgehead atoms. The van der Waals surface area contributed by atoms with Crippen LogP contribution in [0.15, 0.2) is 52.4 Å². The van der Waals surface area contributed by atoms with Gasteiger partial charge in [-0.05, 0) is 41.0 Å². The summed E-state index contributed by atoms with van der Waals surface area (Å²) in [7, 11) is 0. The molecule has 0 spiro atoms. The first kappa shape index (κ1) is 24.0. The first-order valence-electron chi connectivity index (χ1n) is 11.7. The van der Waals surface area contributed by atoms with Crippen LogP contribution >= 0.6 is 22.9 Å². The highest BCUT2D eigenvalue weighted by Gasteiger charge is 2.45. The van der Waals surface area contributed by atoms with Gasteiger partial charge in [0.05, 0.1) is 36.5 Å². The molecule has 2 aromatic rings. The predicted molar refractivity (Wildman–Crippen MR) is 137 cm³/mol. The third-order valence-electron chi connectivity index (χ3n) is 6.83. The van der Waals surface area contributed by atoms with Crippen molar-refractivity contribution in [2.75, 3.05) is 31.2 Å². The van der Waals surface area contributed by atoms with E-state index in [-0.39, 0.29) is 16.4 Å². The molecule has 35 heavy (non-hydrogen) atoms. The number of thiophene rings is 1. The second-order valence-corrected chi connectivity index (χ2v) is 11.3. The molecule has 2 N–H and O–H groups in total. The third kappa shape index (κ3) is 4.50. The first-order chi connectivity index (χ1) is 16.8. The van der Waals surface area contributed by atoms with Crippen molar-refractivity contribution >= 4 is 34.4 Å². The molecule has 7 nitrogen and oxygen atoms in total. The fourth-order valence-electron chi connectivity index (χ4n) is 5.26. The van der Waals surface area contributed by atoms with Gasteiger partial charge in [-0.25, -0.2) is 4.98 Å². The molecule has 1 aliphatic carbocycles. The molecular formula is C26H28ClN5O2S. The van der Waals surface area contributed by atoms with Crippen LogP contribution in [0.1, 0.15) is 43.0 Å². The van der Waals surface area contributed by atoms with Crippen molar-refractivity contribution in [2.24, 2.45) is 11.1 Å². The second-order valence-electron chi connectivity index (χ2n) is 10.0. The molecule has 182 valence electrons. The lowest BCUT2D eigenvalue weighted by atomic mass is 9.69. The Labute approximate surface area is 214 Å². The number of pyridine rings is 1. The largest absolute Gasteiger partial charge is 0.384 e. The number of morpholine rings is 1. The number of nitrogens with zero attached hydrogens (tertiary/aromatic N) is 4. The number of carbonyl (C=O) groups excluding carboxylic acids is 1. The standard InChI is InChI=1S/C26H28ClN5O2S/c1-26(2)11-19-23(20(33)12-26)22(21-10-16(15-35-21)14-31-6-8-34-9-7-31)17(13-28)25(29)32(19)18-4-3-5-30-24(18)27/h3-5,10,15,22H,6-9,11-12,14,29H2,1-2H3/t22-/m0/s1. The lowest BCUT2D eigenvalue weighted by molar-refractivity contribution is -0.118. The van der Waals surface area contributed by atoms with E-state index in [1.165, 1.54) is 5.56 Å². The lowest BCUT2D eigenvalue weighted by Crippen LogP contribution is -2.42. The maximum atomic E-state index is 13.7. The number of ether oxygens (including phenoxy) is 1. The van der Waals surface area contributed by atoms with Gasteiger partial charge in [0.15, 0.2) is 10.9 Å². The molecule has 0 saturated carbocycles. The summed E-state index contributed by atoms with van der Waals surface area (Å²) in [5, 5.41) is 12.7. The number of nitrogens with two attached hydrogens (primary N) is 1. The Hall–Kier alpha value is -2.70. The van der Waals surface area contributed by atoms with Crippen molar-refractivity contribution in [3.8, 4) is 6.07 Å². The van der Waals surface area contributed by atoms with Gasteiger partial charge in [0.2, 0.25) is 0 Å². The fraction of sp³-hybridized carbons (Fsp3) is 0.423. The minimum atomic E-state index is -0.478. The Kier molecular flexibility index (Phi) is 6.45. The van der Waals surface area contributed by atoms with E-state index in [0.717, 1.165) is 43.4 Å². The lowest BCUT2D eigenvalue weighted by Gasteiger charge is -2.43. The Balaban J connectivity index is 1.62. The van der Waals surface area contributed by atoms with Gasteiger partial charge in [0.1, 0.15) is 5.82 Å². The average Bonchev–Trinajstić information content (AvgIpc) is 3.27. The number of rotatable bonds is 4. The normalized spacial score (nSPS) is 22.9. The summed E-state index contributed by atoms with van der Waals surface area (Å²) in [4.78, 5) is 23.0. The van der Waals surface area contributed by atoms with E-state index in [2.05, 4.69) is 41.2 Å². The van der Waals surface area contributed by atoms with Gasteiger partial charge in [-0.3, -0.25) is 14.6 Å². The first-order valence-corrected chi connectivity index (χ1v) is 13.0. The number of ketones is 1. The number of hydrogen-bond acceptors (Lipinski definition) is 8. The van der Waals surface area contributed by atoms with Crippen molar-refractivity contribution in [1.82, 2.24) is 9.88 Å². The highest BCUT2D eigenvalue weighted by molar-refractivity contribution is 7.10. The molecule has 0 amide bonds. The molecule has 1 atom stereocenters. The Morgan fingerprint density at radius 2 is 2.11 bits per heavy atom. The molecule has 2 aliphatic heterocycles. The van der Waals surface area contributed by atoms with Crippen molar-refractivity contribution < 1.29 is 9.53 Å². The number of hydrogen-bond donors (Lipinski definition) is 1. The minimum absolute atomic E-state index is 0.0506. The van der Waals surface area contributed by atoms with Gasteiger partial charge in [-0.15, -0.1) is 11.3 Å². The molecule has 0 radical (unpaired) electrons. The molecular weight excluding hydrogens is 482 g/mol. The van der Waals surface area contributed by atoms with Gasteiger partial charge in [-0.2, -0.15) is 5.26 Å². The Bertz CT molecular complexity index is 1270. The summed E-state index contributed by atoms with van der Waals surface area (Å²) in [6, 6.07) is 8.05. The number of nitriles is 1. The van der Waals surface area contributed by atoms with Crippen LogP contribution < -0.4 is 10.6 Å². The van der Waals surface area contributed by atoms with Crippen LogP contribution in [-0.2, 0) is 16.1 Å². The van der Waals surface area contributed by atoms with E-state index < -0.39 is 5.92 Å². The van der Waals surface area contributed by atoms with Gasteiger partial charge in [-0.1, -0.05) is 25.4 Å². The van der Waals surface area contributed by atoms with Gasteiger partial charge in [0, 0.05) is 48.4 Å². The predicted octanol–water partition coefficient (Wildman–Crippen LogP) is 4.57. The smallest absolute Gasteiger partial charge is 0.162 e. The number of allylic oxidation sites excluding steroid dienone is 3. The average molecular weight is 510 g/mol. The summed E-state index contributed by atoms with van der Waals surface area (Å²) in [6.07, 6.45) is 2.67. The SMILES string of the molecule is CC1(C)CC(=O)C2=C(C1)N(c1cccnc1Cl)C(N)=C(C#N)[C@H]2c1cc(CN2CCOCC2)cs1. The zero-order valence-electron chi connectivity index (χ0n) is 19.9. The van der Waals surface area contributed by atoms with Crippen LogP contribution in [0.5, 0.6) is 0 Å². The van der Waals surface area contributed by atoms with E-state index in [1.54, 1.807) is 28.5 Å². The van der Waals surface area contributed by atoms with Gasteiger partial charge >= 0.3 is 0 Å². The van der Waals surface area contributed by atoms with Crippen LogP contribution in [0.3, 0.4) is 0 Å². The molecule has 1 fully saturated rings. The van der Waals surface area contributed by atoms with E-state index in [0.29, 0.717) is 35.5 Å². The zero-order valence-corrected chi connectivity index (χ0v) is 21.5. The highest BCUT2D eigenvalue weighted by Crippen LogP contribution is 2.51. The molecule has 1 saturated heterocycles. The maximum Gasteiger partial charge on any atom is 0.162 e. The topological polar surface area (TPSA) is 95.5 Å². The third-order valence-corrected chi connectivity index (χ3v) is 8.17. The van der Waals surface area contributed by atoms with Gasteiger partial charge in [0.25, 0.3) is 0 Å². The number of halogens is 1. The van der Waals surface area contributed by atoms with Gasteiger partial charge < -0.3 is 10.5 Å². The molecule has 0 aromatic carbocycles. The number of anilines is 1.